The zero-order valence-electron chi connectivity index (χ0n) is 8.95. The van der Waals surface area contributed by atoms with Gasteiger partial charge in [0.2, 0.25) is 0 Å². The van der Waals surface area contributed by atoms with Gasteiger partial charge in [-0.3, -0.25) is 4.90 Å². The first-order valence-electron chi connectivity index (χ1n) is 5.70. The van der Waals surface area contributed by atoms with Gasteiger partial charge in [-0.15, -0.1) is 0 Å². The summed E-state index contributed by atoms with van der Waals surface area (Å²) in [4.78, 5) is 13.4. The predicted molar refractivity (Wildman–Crippen MR) is 54.6 cm³/mol. The number of halogens is 1. The molecule has 0 aromatic rings. The van der Waals surface area contributed by atoms with Gasteiger partial charge in [0.15, 0.2) is 0 Å². The van der Waals surface area contributed by atoms with Crippen molar-refractivity contribution in [3.8, 4) is 0 Å². The Labute approximate surface area is 89.6 Å². The van der Waals surface area contributed by atoms with Crippen molar-refractivity contribution in [1.29, 1.82) is 0 Å². The Bertz CT molecular complexity index is 221. The number of alkyl halides is 1. The van der Waals surface area contributed by atoms with Crippen LogP contribution in [0.15, 0.2) is 0 Å². The summed E-state index contributed by atoms with van der Waals surface area (Å²) in [6.45, 7) is 2.71. The van der Waals surface area contributed by atoms with Crippen LogP contribution in [-0.2, 0) is 9.53 Å². The molecule has 0 radical (unpaired) electrons. The summed E-state index contributed by atoms with van der Waals surface area (Å²) in [6.07, 6.45) is 3.02. The van der Waals surface area contributed by atoms with Crippen molar-refractivity contribution in [1.82, 2.24) is 4.90 Å². The first-order valence-corrected chi connectivity index (χ1v) is 5.70. The van der Waals surface area contributed by atoms with E-state index in [0.29, 0.717) is 39.1 Å². The van der Waals surface area contributed by atoms with Gasteiger partial charge in [0, 0.05) is 26.3 Å². The number of hydrogen-bond donors (Lipinski definition) is 0. The maximum atomic E-state index is 13.0. The molecular formula is C11H18FNO2. The fraction of sp³-hybridized carbons (Fsp3) is 0.909. The van der Waals surface area contributed by atoms with Crippen LogP contribution in [-0.4, -0.2) is 49.2 Å². The van der Waals surface area contributed by atoms with E-state index in [0.717, 1.165) is 19.1 Å². The monoisotopic (exact) mass is 215 g/mol. The van der Waals surface area contributed by atoms with Gasteiger partial charge >= 0.3 is 0 Å². The lowest BCUT2D eigenvalue weighted by atomic mass is 9.87. The second-order valence-electron chi connectivity index (χ2n) is 4.50. The Morgan fingerprint density at radius 3 is 2.40 bits per heavy atom. The van der Waals surface area contributed by atoms with E-state index >= 15 is 0 Å². The number of ether oxygens (including phenoxy) is 1. The number of hydrogen-bond acceptors (Lipinski definition) is 3. The highest BCUT2D eigenvalue weighted by Gasteiger charge is 2.39. The molecule has 4 heteroatoms. The third-order valence-electron chi connectivity index (χ3n) is 3.63. The maximum absolute atomic E-state index is 13.0. The van der Waals surface area contributed by atoms with E-state index in [4.69, 9.17) is 4.74 Å². The first kappa shape index (κ1) is 11.0. The SMILES string of the molecule is O=CC1(N2CCC(F)CC2)CCOCC1. The van der Waals surface area contributed by atoms with Crippen LogP contribution in [0.3, 0.4) is 0 Å². The third-order valence-corrected chi connectivity index (χ3v) is 3.63. The minimum atomic E-state index is -0.676. The van der Waals surface area contributed by atoms with Gasteiger partial charge in [0.05, 0.1) is 5.54 Å². The summed E-state index contributed by atoms with van der Waals surface area (Å²) >= 11 is 0. The minimum absolute atomic E-state index is 0.363. The molecule has 2 aliphatic rings. The standard InChI is InChI=1S/C11H18FNO2/c12-10-1-5-13(6-2-10)11(9-14)3-7-15-8-4-11/h9-10H,1-8H2. The van der Waals surface area contributed by atoms with Crippen molar-refractivity contribution in [2.75, 3.05) is 26.3 Å². The molecule has 15 heavy (non-hydrogen) atoms. The first-order chi connectivity index (χ1) is 7.27. The fourth-order valence-electron chi connectivity index (χ4n) is 2.53. The normalized spacial score (nSPS) is 28.9. The van der Waals surface area contributed by atoms with Gasteiger partial charge < -0.3 is 9.53 Å². The zero-order chi connectivity index (χ0) is 10.7. The molecule has 86 valence electrons. The largest absolute Gasteiger partial charge is 0.381 e. The van der Waals surface area contributed by atoms with Crippen molar-refractivity contribution in [2.24, 2.45) is 0 Å². The molecule has 0 unspecified atom stereocenters. The van der Waals surface area contributed by atoms with E-state index < -0.39 is 6.17 Å². The quantitative estimate of drug-likeness (QED) is 0.648. The molecule has 0 spiro atoms. The molecule has 0 amide bonds. The Hall–Kier alpha value is -0.480. The lowest BCUT2D eigenvalue weighted by molar-refractivity contribution is -0.127. The molecule has 0 bridgehead atoms. The molecular weight excluding hydrogens is 197 g/mol. The number of carbonyl (C=O) groups excluding carboxylic acids is 1. The summed E-state index contributed by atoms with van der Waals surface area (Å²) in [5.74, 6) is 0. The number of carbonyl (C=O) groups is 1. The number of aldehydes is 1. The molecule has 0 atom stereocenters. The molecule has 0 aromatic carbocycles. The maximum Gasteiger partial charge on any atom is 0.140 e. The van der Waals surface area contributed by atoms with Crippen molar-refractivity contribution in [3.63, 3.8) is 0 Å². The van der Waals surface area contributed by atoms with Gasteiger partial charge in [-0.05, 0) is 25.7 Å². The summed E-state index contributed by atoms with van der Waals surface area (Å²) in [7, 11) is 0. The van der Waals surface area contributed by atoms with Gasteiger partial charge in [0.1, 0.15) is 12.5 Å². The van der Waals surface area contributed by atoms with E-state index in [1.165, 1.54) is 0 Å². The summed E-state index contributed by atoms with van der Waals surface area (Å²) in [5, 5.41) is 0. The smallest absolute Gasteiger partial charge is 0.140 e. The number of nitrogens with zero attached hydrogens (tertiary/aromatic N) is 1. The van der Waals surface area contributed by atoms with Crippen LogP contribution >= 0.6 is 0 Å². The third kappa shape index (κ3) is 2.21. The molecule has 3 nitrogen and oxygen atoms in total. The van der Waals surface area contributed by atoms with Crippen molar-refractivity contribution < 1.29 is 13.9 Å². The van der Waals surface area contributed by atoms with Crippen molar-refractivity contribution in [2.45, 2.75) is 37.4 Å². The summed E-state index contributed by atoms with van der Waals surface area (Å²) in [6, 6.07) is 0. The molecule has 0 aliphatic carbocycles. The van der Waals surface area contributed by atoms with E-state index in [1.54, 1.807) is 0 Å². The van der Waals surface area contributed by atoms with E-state index in [9.17, 15) is 9.18 Å². The Morgan fingerprint density at radius 2 is 1.87 bits per heavy atom. The Kier molecular flexibility index (Phi) is 3.36. The van der Waals surface area contributed by atoms with Crippen LogP contribution in [0.5, 0.6) is 0 Å². The Morgan fingerprint density at radius 1 is 1.27 bits per heavy atom. The average Bonchev–Trinajstić information content (AvgIpc) is 2.31. The van der Waals surface area contributed by atoms with E-state index in [-0.39, 0.29) is 5.54 Å². The van der Waals surface area contributed by atoms with Crippen LogP contribution in [0.2, 0.25) is 0 Å². The summed E-state index contributed by atoms with van der Waals surface area (Å²) < 4.78 is 18.3. The lowest BCUT2D eigenvalue weighted by Gasteiger charge is -2.44. The zero-order valence-corrected chi connectivity index (χ0v) is 8.95. The van der Waals surface area contributed by atoms with Gasteiger partial charge in [-0.25, -0.2) is 4.39 Å². The molecule has 0 aromatic heterocycles. The highest BCUT2D eigenvalue weighted by Crippen LogP contribution is 2.29. The van der Waals surface area contributed by atoms with Crippen LogP contribution in [0.4, 0.5) is 4.39 Å². The van der Waals surface area contributed by atoms with Crippen LogP contribution in [0.25, 0.3) is 0 Å². The molecule has 2 heterocycles. The minimum Gasteiger partial charge on any atom is -0.381 e. The second-order valence-corrected chi connectivity index (χ2v) is 4.50. The van der Waals surface area contributed by atoms with Gasteiger partial charge in [-0.2, -0.15) is 0 Å². The fourth-order valence-corrected chi connectivity index (χ4v) is 2.53. The van der Waals surface area contributed by atoms with Crippen LogP contribution in [0, 0.1) is 0 Å². The second kappa shape index (κ2) is 4.58. The molecule has 2 aliphatic heterocycles. The van der Waals surface area contributed by atoms with Gasteiger partial charge in [0.25, 0.3) is 0 Å². The molecule has 2 fully saturated rings. The average molecular weight is 215 g/mol. The highest BCUT2D eigenvalue weighted by molar-refractivity contribution is 5.64. The van der Waals surface area contributed by atoms with Crippen molar-refractivity contribution >= 4 is 6.29 Å². The molecule has 2 saturated heterocycles. The van der Waals surface area contributed by atoms with Gasteiger partial charge in [-0.1, -0.05) is 0 Å². The van der Waals surface area contributed by atoms with E-state index in [1.807, 2.05) is 0 Å². The lowest BCUT2D eigenvalue weighted by Crippen LogP contribution is -2.56. The summed E-state index contributed by atoms with van der Waals surface area (Å²) in [5.41, 5.74) is -0.363. The predicted octanol–water partition coefficient (Wildman–Crippen LogP) is 1.17. The topological polar surface area (TPSA) is 29.5 Å². The van der Waals surface area contributed by atoms with E-state index in [2.05, 4.69) is 4.90 Å². The van der Waals surface area contributed by atoms with Crippen LogP contribution < -0.4 is 0 Å². The molecule has 2 rings (SSSR count). The molecule has 0 N–H and O–H groups in total. The number of rotatable bonds is 2. The number of piperidine rings is 1. The van der Waals surface area contributed by atoms with Crippen LogP contribution in [0.1, 0.15) is 25.7 Å². The highest BCUT2D eigenvalue weighted by atomic mass is 19.1. The van der Waals surface area contributed by atoms with Crippen molar-refractivity contribution in [3.05, 3.63) is 0 Å². The molecule has 0 saturated carbocycles. The number of likely N-dealkylation sites (tertiary alicyclic amines) is 1. The Balaban J connectivity index is 2.01.